The second-order valence-corrected chi connectivity index (χ2v) is 5.60. The molecule has 24 heavy (non-hydrogen) atoms. The molecule has 0 unspecified atom stereocenters. The Morgan fingerprint density at radius 2 is 1.75 bits per heavy atom. The lowest BCUT2D eigenvalue weighted by atomic mass is 10.0. The van der Waals surface area contributed by atoms with Crippen molar-refractivity contribution < 1.29 is 19.4 Å². The summed E-state index contributed by atoms with van der Waals surface area (Å²) in [6.07, 6.45) is -1.20. The smallest absolute Gasteiger partial charge is 0.328 e. The van der Waals surface area contributed by atoms with Crippen LogP contribution in [0.5, 0.6) is 0 Å². The summed E-state index contributed by atoms with van der Waals surface area (Å²) in [5.74, 6) is -1.29. The summed E-state index contributed by atoms with van der Waals surface area (Å²) in [5.41, 5.74) is 1.14. The molecular formula is C18H18ClNO4. The third kappa shape index (κ3) is 4.57. The lowest BCUT2D eigenvalue weighted by Crippen LogP contribution is -2.45. The maximum absolute atomic E-state index is 12.2. The van der Waals surface area contributed by atoms with Gasteiger partial charge in [-0.3, -0.25) is 4.79 Å². The number of aliphatic hydroxyl groups excluding tert-OH is 1. The number of hydrogen-bond donors (Lipinski definition) is 2. The molecule has 0 heterocycles. The standard InChI is InChI=1S/C18H18ClNO4/c1-24-18(23)15(11-13-9-5-6-10-14(13)19)20-17(22)16(21)12-7-3-2-4-8-12/h2-10,15-16,21H,11H2,1H3,(H,20,22)/t15-,16-/m0/s1. The van der Waals surface area contributed by atoms with Crippen molar-refractivity contribution >= 4 is 23.5 Å². The quantitative estimate of drug-likeness (QED) is 0.786. The lowest BCUT2D eigenvalue weighted by molar-refractivity contribution is -0.146. The minimum absolute atomic E-state index is 0.166. The molecule has 0 fully saturated rings. The Labute approximate surface area is 145 Å². The minimum Gasteiger partial charge on any atom is -0.467 e. The number of aliphatic hydroxyl groups is 1. The Kier molecular flexibility index (Phi) is 6.35. The molecule has 1 amide bonds. The van der Waals surface area contributed by atoms with Gasteiger partial charge in [-0.2, -0.15) is 0 Å². The van der Waals surface area contributed by atoms with Crippen molar-refractivity contribution in [3.63, 3.8) is 0 Å². The van der Waals surface area contributed by atoms with Gasteiger partial charge in [-0.25, -0.2) is 4.79 Å². The number of amides is 1. The summed E-state index contributed by atoms with van der Waals surface area (Å²) >= 11 is 6.10. The maximum Gasteiger partial charge on any atom is 0.328 e. The highest BCUT2D eigenvalue weighted by Crippen LogP contribution is 2.18. The predicted molar refractivity (Wildman–Crippen MR) is 90.5 cm³/mol. The monoisotopic (exact) mass is 347 g/mol. The number of carbonyl (C=O) groups is 2. The normalized spacial score (nSPS) is 13.0. The van der Waals surface area contributed by atoms with Gasteiger partial charge in [0.1, 0.15) is 6.04 Å². The highest BCUT2D eigenvalue weighted by atomic mass is 35.5. The second-order valence-electron chi connectivity index (χ2n) is 5.19. The molecule has 0 aliphatic carbocycles. The number of nitrogens with one attached hydrogen (secondary N) is 1. The third-order valence-corrected chi connectivity index (χ3v) is 3.92. The van der Waals surface area contributed by atoms with Crippen LogP contribution in [-0.4, -0.2) is 30.1 Å². The number of halogens is 1. The van der Waals surface area contributed by atoms with Crippen molar-refractivity contribution in [3.8, 4) is 0 Å². The fraction of sp³-hybridized carbons (Fsp3) is 0.222. The molecule has 0 radical (unpaired) electrons. The first kappa shape index (κ1) is 18.0. The molecule has 0 aliphatic heterocycles. The Morgan fingerprint density at radius 3 is 2.38 bits per heavy atom. The third-order valence-electron chi connectivity index (χ3n) is 3.55. The Balaban J connectivity index is 2.13. The van der Waals surface area contributed by atoms with Crippen LogP contribution in [0, 0.1) is 0 Å². The average molecular weight is 348 g/mol. The van der Waals surface area contributed by atoms with Crippen LogP contribution in [0.1, 0.15) is 17.2 Å². The van der Waals surface area contributed by atoms with E-state index in [0.717, 1.165) is 0 Å². The highest BCUT2D eigenvalue weighted by molar-refractivity contribution is 6.31. The summed E-state index contributed by atoms with van der Waals surface area (Å²) in [6.45, 7) is 0. The summed E-state index contributed by atoms with van der Waals surface area (Å²) in [4.78, 5) is 24.2. The van der Waals surface area contributed by atoms with Crippen LogP contribution in [0.4, 0.5) is 0 Å². The number of benzene rings is 2. The van der Waals surface area contributed by atoms with Crippen LogP contribution in [0.3, 0.4) is 0 Å². The molecule has 0 spiro atoms. The van der Waals surface area contributed by atoms with Gasteiger partial charge in [0.05, 0.1) is 7.11 Å². The van der Waals surface area contributed by atoms with Gasteiger partial charge in [0, 0.05) is 11.4 Å². The number of esters is 1. The molecule has 0 saturated carbocycles. The molecule has 2 atom stereocenters. The van der Waals surface area contributed by atoms with Crippen LogP contribution in [0.15, 0.2) is 54.6 Å². The number of rotatable bonds is 6. The molecule has 5 nitrogen and oxygen atoms in total. The molecule has 2 rings (SSSR count). The van der Waals surface area contributed by atoms with Gasteiger partial charge in [0.25, 0.3) is 5.91 Å². The van der Waals surface area contributed by atoms with Crippen molar-refractivity contribution in [3.05, 3.63) is 70.7 Å². The molecule has 2 aromatic carbocycles. The van der Waals surface area contributed by atoms with E-state index in [1.165, 1.54) is 7.11 Å². The van der Waals surface area contributed by atoms with E-state index in [0.29, 0.717) is 16.1 Å². The van der Waals surface area contributed by atoms with E-state index in [4.69, 9.17) is 16.3 Å². The molecule has 0 saturated heterocycles. The van der Waals surface area contributed by atoms with Crippen LogP contribution in [0.2, 0.25) is 5.02 Å². The van der Waals surface area contributed by atoms with Crippen LogP contribution >= 0.6 is 11.6 Å². The minimum atomic E-state index is -1.37. The SMILES string of the molecule is COC(=O)[C@H](Cc1ccccc1Cl)NC(=O)[C@@H](O)c1ccccc1. The molecule has 2 N–H and O–H groups in total. The highest BCUT2D eigenvalue weighted by Gasteiger charge is 2.26. The van der Waals surface area contributed by atoms with Crippen LogP contribution in [0.25, 0.3) is 0 Å². The van der Waals surface area contributed by atoms with Crippen LogP contribution in [-0.2, 0) is 20.7 Å². The summed E-state index contributed by atoms with van der Waals surface area (Å²) < 4.78 is 4.73. The summed E-state index contributed by atoms with van der Waals surface area (Å²) in [6, 6.07) is 14.6. The zero-order valence-corrected chi connectivity index (χ0v) is 13.9. The molecule has 0 aliphatic rings. The van der Waals surface area contributed by atoms with Gasteiger partial charge in [-0.1, -0.05) is 60.1 Å². The first-order valence-corrected chi connectivity index (χ1v) is 7.75. The van der Waals surface area contributed by atoms with Crippen molar-refractivity contribution in [1.29, 1.82) is 0 Å². The van der Waals surface area contributed by atoms with E-state index in [9.17, 15) is 14.7 Å². The molecule has 0 bridgehead atoms. The largest absolute Gasteiger partial charge is 0.467 e. The topological polar surface area (TPSA) is 75.6 Å². The molecule has 2 aromatic rings. The number of hydrogen-bond acceptors (Lipinski definition) is 4. The van der Waals surface area contributed by atoms with Gasteiger partial charge in [-0.05, 0) is 17.2 Å². The molecule has 0 aromatic heterocycles. The fourth-order valence-corrected chi connectivity index (χ4v) is 2.47. The van der Waals surface area contributed by atoms with Crippen molar-refractivity contribution in [2.45, 2.75) is 18.6 Å². The average Bonchev–Trinajstić information content (AvgIpc) is 2.62. The lowest BCUT2D eigenvalue weighted by Gasteiger charge is -2.19. The first-order valence-electron chi connectivity index (χ1n) is 7.37. The first-order chi connectivity index (χ1) is 11.5. The number of ether oxygens (including phenoxy) is 1. The van der Waals surface area contributed by atoms with Crippen molar-refractivity contribution in [1.82, 2.24) is 5.32 Å². The molecule has 126 valence electrons. The molecule has 6 heteroatoms. The maximum atomic E-state index is 12.2. The fourth-order valence-electron chi connectivity index (χ4n) is 2.26. The predicted octanol–water partition coefficient (Wildman–Crippen LogP) is 2.27. The van der Waals surface area contributed by atoms with E-state index in [2.05, 4.69) is 5.32 Å². The zero-order chi connectivity index (χ0) is 17.5. The van der Waals surface area contributed by atoms with Gasteiger partial charge in [0.15, 0.2) is 6.10 Å². The van der Waals surface area contributed by atoms with E-state index < -0.39 is 24.0 Å². The summed E-state index contributed by atoms with van der Waals surface area (Å²) in [5, 5.41) is 13.1. The Morgan fingerprint density at radius 1 is 1.12 bits per heavy atom. The summed E-state index contributed by atoms with van der Waals surface area (Å²) in [7, 11) is 1.24. The van der Waals surface area contributed by atoms with E-state index in [1.807, 2.05) is 0 Å². The van der Waals surface area contributed by atoms with E-state index >= 15 is 0 Å². The molecular weight excluding hydrogens is 330 g/mol. The second kappa shape index (κ2) is 8.47. The van der Waals surface area contributed by atoms with E-state index in [-0.39, 0.29) is 6.42 Å². The van der Waals surface area contributed by atoms with E-state index in [1.54, 1.807) is 54.6 Å². The number of methoxy groups -OCH3 is 1. The van der Waals surface area contributed by atoms with Gasteiger partial charge >= 0.3 is 5.97 Å². The van der Waals surface area contributed by atoms with Gasteiger partial charge in [0.2, 0.25) is 0 Å². The van der Waals surface area contributed by atoms with Crippen molar-refractivity contribution in [2.24, 2.45) is 0 Å². The van der Waals surface area contributed by atoms with Crippen molar-refractivity contribution in [2.75, 3.05) is 7.11 Å². The van der Waals surface area contributed by atoms with Gasteiger partial charge in [-0.15, -0.1) is 0 Å². The number of carbonyl (C=O) groups excluding carboxylic acids is 2. The van der Waals surface area contributed by atoms with Crippen LogP contribution < -0.4 is 5.32 Å². The Hall–Kier alpha value is -2.37. The zero-order valence-electron chi connectivity index (χ0n) is 13.1. The van der Waals surface area contributed by atoms with Gasteiger partial charge < -0.3 is 15.2 Å². The Bertz CT molecular complexity index is 705.